The average Bonchev–Trinajstić information content (AvgIpc) is 3.22. The van der Waals surface area contributed by atoms with Crippen LogP contribution < -0.4 is 9.64 Å². The molecule has 7 nitrogen and oxygen atoms in total. The van der Waals surface area contributed by atoms with E-state index in [2.05, 4.69) is 4.90 Å². The second-order valence-electron chi connectivity index (χ2n) is 10.00. The molecule has 3 saturated heterocycles. The number of methoxy groups -OCH3 is 1. The van der Waals surface area contributed by atoms with Gasteiger partial charge < -0.3 is 9.64 Å². The number of nitrogens with zero attached hydrogens (tertiary/aromatic N) is 3. The van der Waals surface area contributed by atoms with Crippen molar-refractivity contribution in [3.05, 3.63) is 59.9 Å². The van der Waals surface area contributed by atoms with Crippen LogP contribution in [0.4, 0.5) is 10.1 Å². The molecule has 2 aromatic rings. The topological polar surface area (TPSA) is 70.2 Å². The van der Waals surface area contributed by atoms with E-state index in [0.717, 1.165) is 38.8 Å². The summed E-state index contributed by atoms with van der Waals surface area (Å²) >= 11 is 0. The van der Waals surface area contributed by atoms with E-state index in [1.165, 1.54) is 17.0 Å². The van der Waals surface area contributed by atoms with Crippen LogP contribution in [0.1, 0.15) is 42.5 Å². The number of amides is 3. The Labute approximate surface area is 210 Å². The smallest absolute Gasteiger partial charge is 0.253 e. The van der Waals surface area contributed by atoms with Crippen LogP contribution in [-0.2, 0) is 9.59 Å². The lowest BCUT2D eigenvalue weighted by Crippen LogP contribution is -2.47. The molecular formula is C28H32FN3O4. The van der Waals surface area contributed by atoms with E-state index in [1.54, 1.807) is 43.5 Å². The van der Waals surface area contributed by atoms with E-state index >= 15 is 0 Å². The SMILES string of the molecule is COc1ccc(N2C(=O)C[C@H](N3CCC(C4CCN(C(=O)c5ccc(F)cc5)CC4)CC3)C2=O)cc1. The zero-order valence-corrected chi connectivity index (χ0v) is 20.6. The summed E-state index contributed by atoms with van der Waals surface area (Å²) in [4.78, 5) is 44.0. The molecule has 3 heterocycles. The van der Waals surface area contributed by atoms with Gasteiger partial charge in [-0.1, -0.05) is 0 Å². The Morgan fingerprint density at radius 3 is 2.03 bits per heavy atom. The summed E-state index contributed by atoms with van der Waals surface area (Å²) in [7, 11) is 1.58. The van der Waals surface area contributed by atoms with Gasteiger partial charge in [-0.2, -0.15) is 0 Å². The van der Waals surface area contributed by atoms with E-state index in [0.29, 0.717) is 41.9 Å². The molecule has 3 amide bonds. The van der Waals surface area contributed by atoms with Crippen LogP contribution in [0.25, 0.3) is 0 Å². The highest BCUT2D eigenvalue weighted by atomic mass is 19.1. The Morgan fingerprint density at radius 1 is 0.861 bits per heavy atom. The Kier molecular flexibility index (Phi) is 7.05. The van der Waals surface area contributed by atoms with Gasteiger partial charge in [0, 0.05) is 18.7 Å². The molecule has 8 heteroatoms. The highest BCUT2D eigenvalue weighted by molar-refractivity contribution is 6.22. The molecule has 3 aliphatic rings. The maximum absolute atomic E-state index is 13.2. The van der Waals surface area contributed by atoms with Crippen molar-refractivity contribution >= 4 is 23.4 Å². The minimum atomic E-state index is -0.393. The lowest BCUT2D eigenvalue weighted by atomic mass is 9.78. The fraction of sp³-hybridized carbons (Fsp3) is 0.464. The number of hydrogen-bond acceptors (Lipinski definition) is 5. The summed E-state index contributed by atoms with van der Waals surface area (Å²) in [6.45, 7) is 3.04. The molecule has 0 N–H and O–H groups in total. The fourth-order valence-electron chi connectivity index (χ4n) is 5.96. The Bertz CT molecular complexity index is 1100. The first kappa shape index (κ1) is 24.4. The number of hydrogen-bond donors (Lipinski definition) is 0. The number of ether oxygens (including phenoxy) is 1. The molecule has 5 rings (SSSR count). The summed E-state index contributed by atoms with van der Waals surface area (Å²) in [6, 6.07) is 12.4. The van der Waals surface area contributed by atoms with Gasteiger partial charge in [-0.25, -0.2) is 9.29 Å². The lowest BCUT2D eigenvalue weighted by molar-refractivity contribution is -0.123. The third-order valence-electron chi connectivity index (χ3n) is 8.05. The molecule has 0 saturated carbocycles. The second-order valence-corrected chi connectivity index (χ2v) is 10.00. The van der Waals surface area contributed by atoms with Crippen LogP contribution in [0.15, 0.2) is 48.5 Å². The summed E-state index contributed by atoms with van der Waals surface area (Å²) < 4.78 is 18.3. The van der Waals surface area contributed by atoms with Gasteiger partial charge in [-0.05, 0) is 99.1 Å². The zero-order chi connectivity index (χ0) is 25.2. The molecule has 0 radical (unpaired) electrons. The average molecular weight is 494 g/mol. The largest absolute Gasteiger partial charge is 0.497 e. The number of imide groups is 1. The molecule has 1 atom stereocenters. The summed E-state index contributed by atoms with van der Waals surface area (Å²) in [6.07, 6.45) is 4.14. The second kappa shape index (κ2) is 10.4. The molecule has 2 aromatic carbocycles. The third kappa shape index (κ3) is 4.87. The van der Waals surface area contributed by atoms with Crippen molar-refractivity contribution in [2.45, 2.75) is 38.1 Å². The minimum Gasteiger partial charge on any atom is -0.497 e. The van der Waals surface area contributed by atoms with Crippen LogP contribution in [0.5, 0.6) is 5.75 Å². The lowest BCUT2D eigenvalue weighted by Gasteiger charge is -2.41. The van der Waals surface area contributed by atoms with Gasteiger partial charge in [0.2, 0.25) is 5.91 Å². The molecule has 0 aromatic heterocycles. The van der Waals surface area contributed by atoms with Gasteiger partial charge in [0.25, 0.3) is 11.8 Å². The van der Waals surface area contributed by atoms with Crippen LogP contribution in [0.2, 0.25) is 0 Å². The van der Waals surface area contributed by atoms with E-state index in [9.17, 15) is 18.8 Å². The van der Waals surface area contributed by atoms with Gasteiger partial charge in [0.15, 0.2) is 0 Å². The van der Waals surface area contributed by atoms with E-state index in [4.69, 9.17) is 4.74 Å². The van der Waals surface area contributed by atoms with E-state index in [1.807, 2.05) is 4.90 Å². The first-order valence-electron chi connectivity index (χ1n) is 12.7. The molecule has 0 spiro atoms. The van der Waals surface area contributed by atoms with Crippen molar-refractivity contribution in [2.24, 2.45) is 11.8 Å². The van der Waals surface area contributed by atoms with Gasteiger partial charge in [0.05, 0.1) is 25.3 Å². The van der Waals surface area contributed by atoms with Crippen molar-refractivity contribution in [3.8, 4) is 5.75 Å². The first-order chi connectivity index (χ1) is 17.4. The predicted molar refractivity (Wildman–Crippen MR) is 133 cm³/mol. The molecule has 36 heavy (non-hydrogen) atoms. The summed E-state index contributed by atoms with van der Waals surface area (Å²) in [5, 5.41) is 0. The van der Waals surface area contributed by atoms with E-state index < -0.39 is 6.04 Å². The number of rotatable bonds is 5. The number of likely N-dealkylation sites (tertiary alicyclic amines) is 2. The monoisotopic (exact) mass is 493 g/mol. The van der Waals surface area contributed by atoms with Crippen molar-refractivity contribution < 1.29 is 23.5 Å². The maximum atomic E-state index is 13.2. The molecule has 3 aliphatic heterocycles. The quantitative estimate of drug-likeness (QED) is 0.594. The van der Waals surface area contributed by atoms with Crippen LogP contribution in [-0.4, -0.2) is 66.9 Å². The zero-order valence-electron chi connectivity index (χ0n) is 20.6. The van der Waals surface area contributed by atoms with Crippen LogP contribution >= 0.6 is 0 Å². The molecular weight excluding hydrogens is 461 g/mol. The number of anilines is 1. The summed E-state index contributed by atoms with van der Waals surface area (Å²) in [5.74, 6) is 1.13. The Balaban J connectivity index is 1.12. The standard InChI is InChI=1S/C28H32FN3O4/c1-36-24-8-6-23(7-9-24)32-26(33)18-25(28(32)35)30-14-10-19(11-15-30)20-12-16-31(17-13-20)27(34)21-2-4-22(29)5-3-21/h2-9,19-20,25H,10-18H2,1H3/t25-/m0/s1. The molecule has 0 aliphatic carbocycles. The highest BCUT2D eigenvalue weighted by Crippen LogP contribution is 2.35. The van der Waals surface area contributed by atoms with Crippen LogP contribution in [0, 0.1) is 17.7 Å². The normalized spacial score (nSPS) is 22.3. The predicted octanol–water partition coefficient (Wildman–Crippen LogP) is 3.73. The Hall–Kier alpha value is -3.26. The highest BCUT2D eigenvalue weighted by Gasteiger charge is 2.44. The minimum absolute atomic E-state index is 0.0332. The third-order valence-corrected chi connectivity index (χ3v) is 8.05. The van der Waals surface area contributed by atoms with Gasteiger partial charge in [-0.15, -0.1) is 0 Å². The van der Waals surface area contributed by atoms with Gasteiger partial charge >= 0.3 is 0 Å². The number of carbonyl (C=O) groups excluding carboxylic acids is 3. The number of carbonyl (C=O) groups is 3. The van der Waals surface area contributed by atoms with Crippen molar-refractivity contribution in [1.82, 2.24) is 9.80 Å². The molecule has 0 unspecified atom stereocenters. The van der Waals surface area contributed by atoms with E-state index in [-0.39, 0.29) is 30.0 Å². The number of piperidine rings is 2. The number of benzene rings is 2. The number of halogens is 1. The van der Waals surface area contributed by atoms with Crippen molar-refractivity contribution in [2.75, 3.05) is 38.2 Å². The summed E-state index contributed by atoms with van der Waals surface area (Å²) in [5.41, 5.74) is 1.12. The maximum Gasteiger partial charge on any atom is 0.253 e. The fourth-order valence-corrected chi connectivity index (χ4v) is 5.96. The molecule has 3 fully saturated rings. The van der Waals surface area contributed by atoms with Crippen LogP contribution in [0.3, 0.4) is 0 Å². The van der Waals surface area contributed by atoms with Crippen molar-refractivity contribution in [1.29, 1.82) is 0 Å². The van der Waals surface area contributed by atoms with Crippen molar-refractivity contribution in [3.63, 3.8) is 0 Å². The molecule has 190 valence electrons. The first-order valence-corrected chi connectivity index (χ1v) is 12.7. The van der Waals surface area contributed by atoms with Gasteiger partial charge in [0.1, 0.15) is 11.6 Å². The Morgan fingerprint density at radius 2 is 1.44 bits per heavy atom. The van der Waals surface area contributed by atoms with Gasteiger partial charge in [-0.3, -0.25) is 19.3 Å². The molecule has 0 bridgehead atoms.